The van der Waals surface area contributed by atoms with Crippen molar-refractivity contribution in [1.82, 2.24) is 15.5 Å². The highest BCUT2D eigenvalue weighted by atomic mass is 16.7. The molecule has 0 aromatic rings. The molecular weight excluding hydrogens is 624 g/mol. The Labute approximate surface area is 291 Å². The molecule has 5 fully saturated rings. The number of allylic oxidation sites excluding steroid dienone is 4. The van der Waals surface area contributed by atoms with Crippen LogP contribution in [0.25, 0.3) is 0 Å². The zero-order valence-electron chi connectivity index (χ0n) is 30.3. The minimum absolute atomic E-state index is 0.00727. The molecule has 0 radical (unpaired) electrons. The summed E-state index contributed by atoms with van der Waals surface area (Å²) in [5.41, 5.74) is -1.35. The van der Waals surface area contributed by atoms with E-state index in [4.69, 9.17) is 14.2 Å². The van der Waals surface area contributed by atoms with E-state index in [9.17, 15) is 19.5 Å². The van der Waals surface area contributed by atoms with Gasteiger partial charge in [-0.25, -0.2) is 0 Å². The van der Waals surface area contributed by atoms with Crippen molar-refractivity contribution in [3.05, 3.63) is 23.8 Å². The number of hydrogen-bond acceptors (Lipinski definition) is 9. The van der Waals surface area contributed by atoms with Gasteiger partial charge in [0, 0.05) is 43.3 Å². The maximum absolute atomic E-state index is 14.8. The topological polar surface area (TPSA) is 139 Å². The molecule has 1 aliphatic heterocycles. The monoisotopic (exact) mass is 682 g/mol. The van der Waals surface area contributed by atoms with Gasteiger partial charge in [0.05, 0.1) is 12.2 Å². The molecule has 3 N–H and O–H groups in total. The normalized spacial score (nSPS) is 38.9. The van der Waals surface area contributed by atoms with Gasteiger partial charge in [-0.3, -0.25) is 24.3 Å². The number of nitrogens with zero attached hydrogens (tertiary/aromatic N) is 2. The van der Waals surface area contributed by atoms with E-state index in [2.05, 4.69) is 29.5 Å². The van der Waals surface area contributed by atoms with Crippen molar-refractivity contribution in [1.29, 1.82) is 0 Å². The van der Waals surface area contributed by atoms with E-state index in [0.29, 0.717) is 38.2 Å². The highest BCUT2D eigenvalue weighted by molar-refractivity contribution is 6.01. The van der Waals surface area contributed by atoms with E-state index < -0.39 is 53.5 Å². The van der Waals surface area contributed by atoms with Crippen molar-refractivity contribution in [2.45, 2.75) is 115 Å². The Kier molecular flexibility index (Phi) is 10.5. The number of likely N-dealkylation sites (N-methyl/N-ethyl adjacent to an activating group) is 1. The summed E-state index contributed by atoms with van der Waals surface area (Å²) >= 11 is 0. The summed E-state index contributed by atoms with van der Waals surface area (Å²) in [5.74, 6) is 0.316. The maximum atomic E-state index is 14.8. The third-order valence-corrected chi connectivity index (χ3v) is 13.3. The molecule has 11 heteroatoms. The van der Waals surface area contributed by atoms with Gasteiger partial charge in [-0.1, -0.05) is 44.8 Å². The number of aliphatic hydroxyl groups excluding tert-OH is 1. The second kappa shape index (κ2) is 14.2. The van der Waals surface area contributed by atoms with E-state index >= 15 is 0 Å². The first-order chi connectivity index (χ1) is 23.4. The van der Waals surface area contributed by atoms with Crippen molar-refractivity contribution in [3.8, 4) is 0 Å². The van der Waals surface area contributed by atoms with Crippen LogP contribution >= 0.6 is 0 Å². The molecule has 5 aliphatic carbocycles. The fraction of sp³-hybridized carbons (Fsp3) is 0.789. The zero-order chi connectivity index (χ0) is 35.1. The van der Waals surface area contributed by atoms with Crippen LogP contribution in [0.5, 0.6) is 0 Å². The standard InChI is InChI=1S/C38H58N4O7/c1-36-17-16-25(43)19-24(36)14-15-26-27-20-31-38(37(27,2)21-29(44)32(26)36,49-34(48-31)23-11-8-7-9-12-23)30(45)22-47-33(46)28(42(5)6)13-10-18-41-35(39-3)40-4/h16-17,19,23,26-29,31-32,34,44H,7-15,18,20-22H2,1-6H3,(H2,39,40,41)/t26?,27?,28-,29-,31-,32?,34+,36-,37-,38+/m0/s1. The van der Waals surface area contributed by atoms with E-state index in [1.54, 1.807) is 26.2 Å². The first-order valence-electron chi connectivity index (χ1n) is 18.6. The molecule has 1 heterocycles. The largest absolute Gasteiger partial charge is 0.456 e. The maximum Gasteiger partial charge on any atom is 0.323 e. The summed E-state index contributed by atoms with van der Waals surface area (Å²) in [6, 6.07) is -0.524. The highest BCUT2D eigenvalue weighted by Gasteiger charge is 2.76. The van der Waals surface area contributed by atoms with Gasteiger partial charge >= 0.3 is 5.97 Å². The van der Waals surface area contributed by atoms with Gasteiger partial charge in [-0.2, -0.15) is 0 Å². The number of ketones is 2. The van der Waals surface area contributed by atoms with E-state index in [-0.39, 0.29) is 35.2 Å². The molecule has 6 rings (SSSR count). The average Bonchev–Trinajstić information content (AvgIpc) is 3.58. The van der Waals surface area contributed by atoms with Gasteiger partial charge in [0.1, 0.15) is 6.04 Å². The van der Waals surface area contributed by atoms with Crippen LogP contribution in [0.4, 0.5) is 0 Å². The molecule has 0 aromatic heterocycles. The van der Waals surface area contributed by atoms with Crippen molar-refractivity contribution in [2.75, 3.05) is 41.3 Å². The van der Waals surface area contributed by atoms with Crippen LogP contribution in [0.1, 0.15) is 84.5 Å². The van der Waals surface area contributed by atoms with Crippen LogP contribution in [-0.2, 0) is 28.6 Å². The zero-order valence-corrected chi connectivity index (χ0v) is 30.3. The first-order valence-corrected chi connectivity index (χ1v) is 18.6. The number of nitrogens with one attached hydrogen (secondary N) is 2. The number of hydrogen-bond donors (Lipinski definition) is 3. The number of Topliss-reactive ketones (excluding diaryl/α,β-unsaturated/α-hetero) is 1. The minimum Gasteiger partial charge on any atom is -0.456 e. The number of aliphatic hydroxyl groups is 1. The number of ether oxygens (including phenoxy) is 3. The van der Waals surface area contributed by atoms with Crippen LogP contribution in [0.15, 0.2) is 28.8 Å². The Bertz CT molecular complexity index is 1370. The lowest BCUT2D eigenvalue weighted by atomic mass is 9.46. The minimum atomic E-state index is -1.32. The van der Waals surface area contributed by atoms with Crippen LogP contribution in [0.2, 0.25) is 0 Å². The van der Waals surface area contributed by atoms with E-state index in [1.807, 2.05) is 25.1 Å². The summed E-state index contributed by atoms with van der Waals surface area (Å²) in [4.78, 5) is 46.9. The molecule has 0 amide bonds. The number of esters is 1. The second-order valence-corrected chi connectivity index (χ2v) is 16.1. The van der Waals surface area contributed by atoms with Gasteiger partial charge in [0.25, 0.3) is 0 Å². The molecule has 11 nitrogen and oxygen atoms in total. The Hall–Kier alpha value is -2.60. The summed E-state index contributed by atoms with van der Waals surface area (Å²) in [5, 5.41) is 18.1. The Morgan fingerprint density at radius 2 is 1.88 bits per heavy atom. The molecule has 49 heavy (non-hydrogen) atoms. The number of guanidine groups is 1. The van der Waals surface area contributed by atoms with Crippen molar-refractivity contribution < 1.29 is 33.7 Å². The summed E-state index contributed by atoms with van der Waals surface area (Å²) < 4.78 is 19.7. The first kappa shape index (κ1) is 36.2. The molecule has 272 valence electrons. The third-order valence-electron chi connectivity index (χ3n) is 13.3. The number of carbonyl (C=O) groups is 3. The quantitative estimate of drug-likeness (QED) is 0.136. The Balaban J connectivity index is 1.24. The number of rotatable bonds is 10. The van der Waals surface area contributed by atoms with Crippen LogP contribution in [-0.4, -0.2) is 105 Å². The molecule has 1 saturated heterocycles. The lowest BCUT2D eigenvalue weighted by Gasteiger charge is -2.59. The second-order valence-electron chi connectivity index (χ2n) is 16.1. The SMILES string of the molecule is CNC(=NCCC[C@@H](C(=O)OCC(=O)[C@@]12O[C@H](C3CCCCC3)O[C@H]1CC1C3CCC4=CC(=O)C=C[C@]4(C)C3[C@@H](O)C[C@@]12C)N(C)C)NC. The predicted octanol–water partition coefficient (Wildman–Crippen LogP) is 3.55. The lowest BCUT2D eigenvalue weighted by molar-refractivity contribution is -0.210. The summed E-state index contributed by atoms with van der Waals surface area (Å²) in [6.45, 7) is 4.41. The molecule has 10 atom stereocenters. The van der Waals surface area contributed by atoms with Crippen molar-refractivity contribution in [3.63, 3.8) is 0 Å². The van der Waals surface area contributed by atoms with Gasteiger partial charge in [0.15, 0.2) is 30.2 Å². The van der Waals surface area contributed by atoms with E-state index in [1.165, 1.54) is 6.42 Å². The Morgan fingerprint density at radius 3 is 2.57 bits per heavy atom. The molecular formula is C38H58N4O7. The van der Waals surface area contributed by atoms with Crippen molar-refractivity contribution >= 4 is 23.5 Å². The molecule has 3 unspecified atom stereocenters. The molecule has 4 saturated carbocycles. The van der Waals surface area contributed by atoms with Crippen molar-refractivity contribution in [2.24, 2.45) is 39.5 Å². The summed E-state index contributed by atoms with van der Waals surface area (Å²) in [6.07, 6.45) is 13.0. The number of aliphatic imine (C=N–C) groups is 1. The number of carbonyl (C=O) groups excluding carboxylic acids is 3. The third kappa shape index (κ3) is 6.20. The number of fused-ring (bicyclic) bond motifs is 7. The lowest BCUT2D eigenvalue weighted by Crippen LogP contribution is -2.64. The summed E-state index contributed by atoms with van der Waals surface area (Å²) in [7, 11) is 7.27. The fourth-order valence-electron chi connectivity index (χ4n) is 10.9. The molecule has 0 bridgehead atoms. The van der Waals surface area contributed by atoms with Crippen LogP contribution in [0.3, 0.4) is 0 Å². The van der Waals surface area contributed by atoms with Crippen LogP contribution in [0, 0.1) is 34.5 Å². The van der Waals surface area contributed by atoms with Gasteiger partial charge in [-0.05, 0) is 89.4 Å². The highest BCUT2D eigenvalue weighted by Crippen LogP contribution is 2.70. The van der Waals surface area contributed by atoms with Gasteiger partial charge in [0.2, 0.25) is 5.78 Å². The average molecular weight is 683 g/mol. The smallest absolute Gasteiger partial charge is 0.323 e. The van der Waals surface area contributed by atoms with Crippen LogP contribution < -0.4 is 10.6 Å². The Morgan fingerprint density at radius 1 is 1.14 bits per heavy atom. The van der Waals surface area contributed by atoms with Gasteiger partial charge in [-0.15, -0.1) is 0 Å². The fourth-order valence-corrected chi connectivity index (χ4v) is 10.9. The molecule has 0 spiro atoms. The molecule has 6 aliphatic rings. The predicted molar refractivity (Wildman–Crippen MR) is 186 cm³/mol. The van der Waals surface area contributed by atoms with Gasteiger partial charge < -0.3 is 30.0 Å². The van der Waals surface area contributed by atoms with E-state index in [0.717, 1.165) is 44.1 Å². The molecule has 0 aromatic carbocycles.